The second-order valence-electron chi connectivity index (χ2n) is 4.07. The van der Waals surface area contributed by atoms with Crippen molar-refractivity contribution >= 4 is 11.6 Å². The predicted molar refractivity (Wildman–Crippen MR) is 68.8 cm³/mol. The molecule has 1 aliphatic rings. The van der Waals surface area contributed by atoms with Crippen molar-refractivity contribution in [3.63, 3.8) is 0 Å². The summed E-state index contributed by atoms with van der Waals surface area (Å²) in [5, 5.41) is 0. The van der Waals surface area contributed by atoms with Gasteiger partial charge in [-0.05, 0) is 25.0 Å². The van der Waals surface area contributed by atoms with Crippen LogP contribution in [0.4, 0.5) is 5.69 Å². The van der Waals surface area contributed by atoms with Crippen LogP contribution in [-0.4, -0.2) is 13.0 Å². The number of para-hydroxylation sites is 1. The first-order valence-electron chi connectivity index (χ1n) is 5.99. The summed E-state index contributed by atoms with van der Waals surface area (Å²) in [7, 11) is 1.85. The van der Waals surface area contributed by atoms with Crippen LogP contribution in [-0.2, 0) is 10.2 Å². The van der Waals surface area contributed by atoms with Crippen molar-refractivity contribution in [3.8, 4) is 0 Å². The molecular weight excluding hydrogens is 198 g/mol. The molecule has 88 valence electrons. The zero-order valence-electron chi connectivity index (χ0n) is 10.9. The highest BCUT2D eigenvalue weighted by Crippen LogP contribution is 2.42. The van der Waals surface area contributed by atoms with Crippen molar-refractivity contribution in [2.24, 2.45) is 0 Å². The Hall–Kier alpha value is -1.31. The zero-order valence-corrected chi connectivity index (χ0v) is 10.9. The van der Waals surface area contributed by atoms with Crippen molar-refractivity contribution in [2.45, 2.75) is 39.5 Å². The number of hydrogen-bond acceptors (Lipinski definition) is 1. The van der Waals surface area contributed by atoms with Crippen molar-refractivity contribution < 1.29 is 4.79 Å². The van der Waals surface area contributed by atoms with E-state index >= 15 is 0 Å². The Labute approximate surface area is 98.3 Å². The fourth-order valence-corrected chi connectivity index (χ4v) is 2.17. The molecule has 0 radical (unpaired) electrons. The van der Waals surface area contributed by atoms with Gasteiger partial charge in [0.15, 0.2) is 0 Å². The third-order valence-corrected chi connectivity index (χ3v) is 3.34. The first-order valence-corrected chi connectivity index (χ1v) is 5.99. The third-order valence-electron chi connectivity index (χ3n) is 3.34. The van der Waals surface area contributed by atoms with Crippen LogP contribution in [0, 0.1) is 0 Å². The van der Waals surface area contributed by atoms with Gasteiger partial charge in [0.1, 0.15) is 0 Å². The van der Waals surface area contributed by atoms with Gasteiger partial charge in [0, 0.05) is 12.7 Å². The van der Waals surface area contributed by atoms with E-state index in [-0.39, 0.29) is 11.3 Å². The molecule has 0 fully saturated rings. The molecular formula is C14H21NO. The number of anilines is 1. The Kier molecular flexibility index (Phi) is 3.74. The van der Waals surface area contributed by atoms with E-state index in [4.69, 9.17) is 0 Å². The number of hydrogen-bond donors (Lipinski definition) is 0. The highest BCUT2D eigenvalue weighted by atomic mass is 16.2. The van der Waals surface area contributed by atoms with E-state index in [1.165, 1.54) is 0 Å². The molecule has 0 aliphatic carbocycles. The van der Waals surface area contributed by atoms with E-state index in [9.17, 15) is 4.79 Å². The fourth-order valence-electron chi connectivity index (χ4n) is 2.17. The molecule has 0 bridgehead atoms. The van der Waals surface area contributed by atoms with Crippen LogP contribution < -0.4 is 4.90 Å². The minimum absolute atomic E-state index is 0.209. The summed E-state index contributed by atoms with van der Waals surface area (Å²) in [5.74, 6) is 0.209. The summed E-state index contributed by atoms with van der Waals surface area (Å²) >= 11 is 0. The zero-order chi connectivity index (χ0) is 12.3. The molecule has 1 amide bonds. The Bertz CT molecular complexity index is 386. The van der Waals surface area contributed by atoms with Gasteiger partial charge < -0.3 is 4.90 Å². The van der Waals surface area contributed by atoms with Crippen molar-refractivity contribution in [2.75, 3.05) is 11.9 Å². The Morgan fingerprint density at radius 1 is 1.25 bits per heavy atom. The number of fused-ring (bicyclic) bond motifs is 1. The van der Waals surface area contributed by atoms with Crippen LogP contribution in [0.3, 0.4) is 0 Å². The topological polar surface area (TPSA) is 20.3 Å². The lowest BCUT2D eigenvalue weighted by atomic mass is 9.81. The van der Waals surface area contributed by atoms with E-state index in [2.05, 4.69) is 13.0 Å². The Morgan fingerprint density at radius 3 is 2.38 bits per heavy atom. The standard InChI is InChI=1S/C12H15NO.C2H6/c1-4-12(2)9-7-5-6-8-10(9)13(3)11(12)14;1-2/h5-8H,4H2,1-3H3;1-2H3. The number of carbonyl (C=O) groups excluding carboxylic acids is 1. The van der Waals surface area contributed by atoms with Gasteiger partial charge in [-0.15, -0.1) is 0 Å². The minimum atomic E-state index is -0.314. The number of rotatable bonds is 1. The molecule has 0 aromatic heterocycles. The average molecular weight is 219 g/mol. The maximum absolute atomic E-state index is 12.0. The number of likely N-dealkylation sites (N-methyl/N-ethyl adjacent to an activating group) is 1. The largest absolute Gasteiger partial charge is 0.314 e. The summed E-state index contributed by atoms with van der Waals surface area (Å²) in [6, 6.07) is 8.04. The van der Waals surface area contributed by atoms with Gasteiger partial charge in [-0.1, -0.05) is 39.0 Å². The molecule has 1 aromatic carbocycles. The molecule has 1 unspecified atom stereocenters. The summed E-state index contributed by atoms with van der Waals surface area (Å²) in [4.78, 5) is 13.8. The highest BCUT2D eigenvalue weighted by Gasteiger charge is 2.44. The summed E-state index contributed by atoms with van der Waals surface area (Å²) in [6.45, 7) is 8.09. The van der Waals surface area contributed by atoms with Gasteiger partial charge in [-0.2, -0.15) is 0 Å². The maximum atomic E-state index is 12.0. The molecule has 1 aromatic rings. The van der Waals surface area contributed by atoms with Crippen molar-refractivity contribution in [1.82, 2.24) is 0 Å². The van der Waals surface area contributed by atoms with E-state index in [1.807, 2.05) is 46.0 Å². The quantitative estimate of drug-likeness (QED) is 0.709. The second kappa shape index (κ2) is 4.69. The molecule has 16 heavy (non-hydrogen) atoms. The molecule has 0 spiro atoms. The normalized spacial score (nSPS) is 22.6. The monoisotopic (exact) mass is 219 g/mol. The van der Waals surface area contributed by atoms with Crippen molar-refractivity contribution in [3.05, 3.63) is 29.8 Å². The molecule has 0 saturated carbocycles. The number of amides is 1. The summed E-state index contributed by atoms with van der Waals surface area (Å²) < 4.78 is 0. The van der Waals surface area contributed by atoms with Gasteiger partial charge in [-0.25, -0.2) is 0 Å². The minimum Gasteiger partial charge on any atom is -0.314 e. The van der Waals surface area contributed by atoms with Crippen molar-refractivity contribution in [1.29, 1.82) is 0 Å². The van der Waals surface area contributed by atoms with Gasteiger partial charge >= 0.3 is 0 Å². The molecule has 0 saturated heterocycles. The Morgan fingerprint density at radius 2 is 1.81 bits per heavy atom. The third kappa shape index (κ3) is 1.62. The van der Waals surface area contributed by atoms with Crippen LogP contribution in [0.15, 0.2) is 24.3 Å². The van der Waals surface area contributed by atoms with E-state index in [0.29, 0.717) is 0 Å². The van der Waals surface area contributed by atoms with Crippen LogP contribution in [0.2, 0.25) is 0 Å². The molecule has 1 aliphatic heterocycles. The SMILES string of the molecule is CC.CCC1(C)C(=O)N(C)c2ccccc21. The Balaban J connectivity index is 0.000000606. The van der Waals surface area contributed by atoms with Gasteiger partial charge in [0.2, 0.25) is 5.91 Å². The molecule has 2 nitrogen and oxygen atoms in total. The lowest BCUT2D eigenvalue weighted by molar-refractivity contribution is -0.122. The van der Waals surface area contributed by atoms with Gasteiger partial charge in [-0.3, -0.25) is 4.79 Å². The highest BCUT2D eigenvalue weighted by molar-refractivity contribution is 6.07. The summed E-state index contributed by atoms with van der Waals surface area (Å²) in [6.07, 6.45) is 0.854. The maximum Gasteiger partial charge on any atom is 0.237 e. The average Bonchev–Trinajstić information content (AvgIpc) is 2.56. The predicted octanol–water partition coefficient (Wildman–Crippen LogP) is 3.36. The second-order valence-corrected chi connectivity index (χ2v) is 4.07. The number of nitrogens with zero attached hydrogens (tertiary/aromatic N) is 1. The lowest BCUT2D eigenvalue weighted by Crippen LogP contribution is -2.35. The first-order chi connectivity index (χ1) is 7.61. The molecule has 2 heteroatoms. The molecule has 0 N–H and O–H groups in total. The first kappa shape index (κ1) is 12.8. The van der Waals surface area contributed by atoms with Crippen LogP contribution >= 0.6 is 0 Å². The van der Waals surface area contributed by atoms with Crippen LogP contribution in [0.5, 0.6) is 0 Å². The lowest BCUT2D eigenvalue weighted by Gasteiger charge is -2.20. The van der Waals surface area contributed by atoms with E-state index in [0.717, 1.165) is 17.7 Å². The number of benzene rings is 1. The van der Waals surface area contributed by atoms with Crippen LogP contribution in [0.25, 0.3) is 0 Å². The molecule has 1 heterocycles. The van der Waals surface area contributed by atoms with Crippen LogP contribution in [0.1, 0.15) is 39.7 Å². The van der Waals surface area contributed by atoms with Gasteiger partial charge in [0.25, 0.3) is 0 Å². The number of carbonyl (C=O) groups is 1. The fraction of sp³-hybridized carbons (Fsp3) is 0.500. The smallest absolute Gasteiger partial charge is 0.237 e. The van der Waals surface area contributed by atoms with E-state index < -0.39 is 0 Å². The van der Waals surface area contributed by atoms with Gasteiger partial charge in [0.05, 0.1) is 5.41 Å². The van der Waals surface area contributed by atoms with E-state index in [1.54, 1.807) is 4.90 Å². The molecule has 1 atom stereocenters. The summed E-state index contributed by atoms with van der Waals surface area (Å²) in [5.41, 5.74) is 1.91. The molecule has 2 rings (SSSR count).